The van der Waals surface area contributed by atoms with Crippen molar-refractivity contribution in [2.24, 2.45) is 10.6 Å². The summed E-state index contributed by atoms with van der Waals surface area (Å²) in [6.07, 6.45) is 3.85. The highest BCUT2D eigenvalue weighted by Gasteiger charge is 2.50. The zero-order valence-corrected chi connectivity index (χ0v) is 30.9. The molecule has 2 aliphatic rings. The quantitative estimate of drug-likeness (QED) is 0.0976. The molecular weight excluding hydrogens is 665 g/mol. The Kier molecular flexibility index (Phi) is 9.69. The van der Waals surface area contributed by atoms with Gasteiger partial charge in [0.05, 0.1) is 19.7 Å². The summed E-state index contributed by atoms with van der Waals surface area (Å²) in [7, 11) is 3.36. The van der Waals surface area contributed by atoms with E-state index >= 15 is 0 Å². The molecule has 0 amide bonds. The van der Waals surface area contributed by atoms with Gasteiger partial charge >= 0.3 is 0 Å². The molecule has 1 aliphatic carbocycles. The van der Waals surface area contributed by atoms with Crippen molar-refractivity contribution in [2.45, 2.75) is 68.4 Å². The maximum Gasteiger partial charge on any atom is 0.163 e. The topological polar surface area (TPSA) is 116 Å². The summed E-state index contributed by atoms with van der Waals surface area (Å²) >= 11 is 3.20. The second-order valence-electron chi connectivity index (χ2n) is 14.3. The van der Waals surface area contributed by atoms with E-state index in [9.17, 15) is 4.55 Å². The average molecular weight is 711 g/mol. The average Bonchev–Trinajstić information content (AvgIpc) is 3.64. The van der Waals surface area contributed by atoms with Crippen molar-refractivity contribution in [3.05, 3.63) is 101 Å². The van der Waals surface area contributed by atoms with Crippen LogP contribution in [0.3, 0.4) is 0 Å². The second kappa shape index (κ2) is 14.0. The van der Waals surface area contributed by atoms with Gasteiger partial charge in [-0.25, -0.2) is 9.97 Å². The summed E-state index contributed by atoms with van der Waals surface area (Å²) in [5.41, 5.74) is 6.87. The molecule has 1 saturated heterocycles. The van der Waals surface area contributed by atoms with Crippen LogP contribution in [0.15, 0.2) is 84.0 Å². The van der Waals surface area contributed by atoms with Crippen LogP contribution < -0.4 is 24.4 Å². The number of hydrogen-bond acceptors (Lipinski definition) is 9. The van der Waals surface area contributed by atoms with Crippen LogP contribution >= 0.6 is 12.6 Å². The van der Waals surface area contributed by atoms with Crippen LogP contribution in [0.2, 0.25) is 0 Å². The largest absolute Gasteiger partial charge is 0.598 e. The fourth-order valence-electron chi connectivity index (χ4n) is 7.94. The first-order valence-corrected chi connectivity index (χ1v) is 18.8. The summed E-state index contributed by atoms with van der Waals surface area (Å²) < 4.78 is 23.0. The zero-order valence-electron chi connectivity index (χ0n) is 29.2. The zero-order chi connectivity index (χ0) is 35.0. The third kappa shape index (κ3) is 6.88. The monoisotopic (exact) mass is 710 g/mol. The predicted molar refractivity (Wildman–Crippen MR) is 205 cm³/mol. The van der Waals surface area contributed by atoms with Crippen molar-refractivity contribution in [1.29, 1.82) is 0 Å². The summed E-state index contributed by atoms with van der Waals surface area (Å²) in [5.74, 6) is 3.68. The molecule has 2 aromatic heterocycles. The molecule has 0 radical (unpaired) electrons. The molecule has 262 valence electrons. The number of methoxy groups -OCH3 is 2. The molecule has 1 spiro atoms. The third-order valence-electron chi connectivity index (χ3n) is 10.8. The highest BCUT2D eigenvalue weighted by molar-refractivity contribution is 7.90. The molecular formula is C39H46N6O3S2. The van der Waals surface area contributed by atoms with E-state index in [0.29, 0.717) is 24.2 Å². The normalized spacial score (nSPS) is 17.6. The smallest absolute Gasteiger partial charge is 0.163 e. The van der Waals surface area contributed by atoms with Gasteiger partial charge in [-0.05, 0) is 91.0 Å². The number of ether oxygens (including phenoxy) is 2. The lowest BCUT2D eigenvalue weighted by molar-refractivity contribution is 0.170. The molecule has 0 saturated carbocycles. The lowest BCUT2D eigenvalue weighted by Crippen LogP contribution is -2.46. The number of anilines is 2. The molecule has 50 heavy (non-hydrogen) atoms. The van der Waals surface area contributed by atoms with Crippen LogP contribution in [0, 0.1) is 5.41 Å². The van der Waals surface area contributed by atoms with Crippen LogP contribution in [0.4, 0.5) is 11.6 Å². The summed E-state index contributed by atoms with van der Waals surface area (Å²) in [5, 5.41) is 6.57. The Morgan fingerprint density at radius 1 is 0.960 bits per heavy atom. The van der Waals surface area contributed by atoms with E-state index in [2.05, 4.69) is 82.0 Å². The van der Waals surface area contributed by atoms with Crippen molar-refractivity contribution >= 4 is 46.7 Å². The number of hydrogen-bond donors (Lipinski definition) is 3. The molecule has 3 N–H and O–H groups in total. The SMILES string of the molecule is COc1ccc(CN(Cc2ccc(OC)cc2)c2nc(N3CCC4(CC3)Cc3ccccc3[C@H]4CC(C)(C)[S+](N)[O-])cc3nc(S)[nH]c23)cc1. The first kappa shape index (κ1) is 34.5. The van der Waals surface area contributed by atoms with Gasteiger partial charge in [-0.15, -0.1) is 12.6 Å². The van der Waals surface area contributed by atoms with Crippen LogP contribution in [-0.2, 0) is 30.9 Å². The number of fused-ring (bicyclic) bond motifs is 2. The van der Waals surface area contributed by atoms with Crippen LogP contribution in [-0.4, -0.2) is 51.6 Å². The molecule has 1 unspecified atom stereocenters. The molecule has 3 aromatic carbocycles. The lowest BCUT2D eigenvalue weighted by atomic mass is 9.66. The maximum atomic E-state index is 12.6. The van der Waals surface area contributed by atoms with E-state index < -0.39 is 16.1 Å². The molecule has 3 heterocycles. The third-order valence-corrected chi connectivity index (χ3v) is 12.3. The van der Waals surface area contributed by atoms with Crippen molar-refractivity contribution in [3.8, 4) is 11.5 Å². The minimum Gasteiger partial charge on any atom is -0.598 e. The predicted octanol–water partition coefficient (Wildman–Crippen LogP) is 7.19. The minimum atomic E-state index is -1.41. The number of nitrogens with one attached hydrogen (secondary N) is 1. The van der Waals surface area contributed by atoms with Crippen molar-refractivity contribution in [2.75, 3.05) is 37.1 Å². The maximum absolute atomic E-state index is 12.6. The number of thiol groups is 1. The fraction of sp³-hybridized carbons (Fsp3) is 0.385. The number of aromatic nitrogens is 3. The van der Waals surface area contributed by atoms with E-state index in [1.807, 2.05) is 38.1 Å². The standard InChI is InChI=1S/C39H46N6O3S2/c1-38(2,50(40)46)23-32-31-8-6-5-7-28(31)22-39(32)17-19-44(20-18-39)34-21-33-35(43-37(49)41-33)36(42-34)45(24-26-9-13-29(47-3)14-10-26)25-27-11-15-30(48-4)16-12-27/h5-16,21,32H,17-20,22-25,40H2,1-4H3,(H2,41,43,49)/t32-,50?/m1/s1. The van der Waals surface area contributed by atoms with Crippen molar-refractivity contribution < 1.29 is 14.0 Å². The number of aromatic amines is 1. The number of imidazole rings is 1. The van der Waals surface area contributed by atoms with E-state index in [4.69, 9.17) is 24.6 Å². The summed E-state index contributed by atoms with van der Waals surface area (Å²) in [6, 6.07) is 27.3. The van der Waals surface area contributed by atoms with Gasteiger partial charge in [0.1, 0.15) is 27.6 Å². The number of piperidine rings is 1. The number of nitrogens with zero attached hydrogens (tertiary/aromatic N) is 4. The number of H-pyrrole nitrogens is 1. The number of nitrogens with two attached hydrogens (primary N) is 1. The van der Waals surface area contributed by atoms with Gasteiger partial charge < -0.3 is 28.8 Å². The van der Waals surface area contributed by atoms with E-state index in [1.54, 1.807) is 14.2 Å². The molecule has 5 aromatic rings. The molecule has 0 bridgehead atoms. The molecule has 7 rings (SSSR count). The first-order chi connectivity index (χ1) is 24.1. The summed E-state index contributed by atoms with van der Waals surface area (Å²) in [4.78, 5) is 18.3. The Morgan fingerprint density at radius 3 is 2.14 bits per heavy atom. The van der Waals surface area contributed by atoms with Gasteiger partial charge in [-0.1, -0.05) is 48.5 Å². The number of pyridine rings is 1. The van der Waals surface area contributed by atoms with Gasteiger partial charge in [-0.2, -0.15) is 5.14 Å². The minimum absolute atomic E-state index is 0.0864. The lowest BCUT2D eigenvalue weighted by Gasteiger charge is -2.45. The second-order valence-corrected chi connectivity index (χ2v) is 16.5. The molecule has 2 atom stereocenters. The molecule has 9 nitrogen and oxygen atoms in total. The van der Waals surface area contributed by atoms with Crippen LogP contribution in [0.5, 0.6) is 11.5 Å². The Hall–Kier alpha value is -3.90. The van der Waals surface area contributed by atoms with Gasteiger partial charge in [0.15, 0.2) is 11.0 Å². The summed E-state index contributed by atoms with van der Waals surface area (Å²) in [6.45, 7) is 7.06. The van der Waals surface area contributed by atoms with Gasteiger partial charge in [0.2, 0.25) is 0 Å². The van der Waals surface area contributed by atoms with E-state index in [0.717, 1.165) is 84.1 Å². The Balaban J connectivity index is 1.21. The Bertz CT molecular complexity index is 1890. The molecule has 11 heteroatoms. The molecule has 1 fully saturated rings. The first-order valence-electron chi connectivity index (χ1n) is 17.2. The van der Waals surface area contributed by atoms with Crippen LogP contribution in [0.1, 0.15) is 61.3 Å². The number of rotatable bonds is 11. The Labute approximate surface area is 303 Å². The fourth-order valence-corrected chi connectivity index (χ4v) is 8.49. The molecule has 1 aliphatic heterocycles. The number of benzene rings is 3. The van der Waals surface area contributed by atoms with E-state index in [1.165, 1.54) is 11.1 Å². The highest BCUT2D eigenvalue weighted by atomic mass is 32.2. The van der Waals surface area contributed by atoms with Gasteiger partial charge in [0.25, 0.3) is 0 Å². The van der Waals surface area contributed by atoms with Crippen LogP contribution in [0.25, 0.3) is 11.0 Å². The van der Waals surface area contributed by atoms with Gasteiger partial charge in [0, 0.05) is 50.0 Å². The van der Waals surface area contributed by atoms with E-state index in [-0.39, 0.29) is 5.41 Å². The van der Waals surface area contributed by atoms with Crippen molar-refractivity contribution in [1.82, 2.24) is 15.0 Å². The van der Waals surface area contributed by atoms with Gasteiger partial charge in [-0.3, -0.25) is 0 Å². The Morgan fingerprint density at radius 2 is 1.56 bits per heavy atom. The highest BCUT2D eigenvalue weighted by Crippen LogP contribution is 2.56. The van der Waals surface area contributed by atoms with Crippen molar-refractivity contribution in [3.63, 3.8) is 0 Å².